The lowest BCUT2D eigenvalue weighted by Gasteiger charge is -2.39. The van der Waals surface area contributed by atoms with Crippen LogP contribution in [0.1, 0.15) is 0 Å². The van der Waals surface area contributed by atoms with Crippen molar-refractivity contribution in [2.24, 2.45) is 0 Å². The average molecular weight is 409 g/mol. The van der Waals surface area contributed by atoms with Gasteiger partial charge < -0.3 is 34.9 Å². The maximum Gasteiger partial charge on any atom is 0.229 e. The number of rotatable bonds is 3. The Morgan fingerprint density at radius 1 is 1.22 bits per heavy atom. The highest BCUT2D eigenvalue weighted by molar-refractivity contribution is 9.10. The second kappa shape index (κ2) is 6.56. The van der Waals surface area contributed by atoms with Crippen LogP contribution in [-0.2, 0) is 4.74 Å². The zero-order valence-electron chi connectivity index (χ0n) is 11.7. The van der Waals surface area contributed by atoms with E-state index < -0.39 is 37.3 Å². The van der Waals surface area contributed by atoms with Crippen LogP contribution >= 0.6 is 27.5 Å². The van der Waals surface area contributed by atoms with E-state index in [1.807, 2.05) is 0 Å². The molecule has 3 rings (SSSR count). The number of aliphatic hydroxyl groups excluding tert-OH is 4. The van der Waals surface area contributed by atoms with Crippen molar-refractivity contribution >= 4 is 38.4 Å². The van der Waals surface area contributed by atoms with E-state index in [-0.39, 0.29) is 0 Å². The Labute approximate surface area is 144 Å². The molecule has 1 aromatic carbocycles. The van der Waals surface area contributed by atoms with Crippen LogP contribution in [0.3, 0.4) is 0 Å². The van der Waals surface area contributed by atoms with Crippen molar-refractivity contribution < 1.29 is 29.9 Å². The Kier molecular flexibility index (Phi) is 4.84. The lowest BCUT2D eigenvalue weighted by molar-refractivity contribution is -0.277. The quantitative estimate of drug-likeness (QED) is 0.512. The van der Waals surface area contributed by atoms with Gasteiger partial charge in [-0.3, -0.25) is 0 Å². The molecule has 0 unspecified atom stereocenters. The molecule has 2 aromatic rings. The van der Waals surface area contributed by atoms with Gasteiger partial charge in [0.05, 0.1) is 22.5 Å². The molecule has 0 spiro atoms. The molecule has 2 heterocycles. The monoisotopic (exact) mass is 407 g/mol. The lowest BCUT2D eigenvalue weighted by atomic mass is 9.99. The maximum absolute atomic E-state index is 10.0. The number of benzene rings is 1. The lowest BCUT2D eigenvalue weighted by Crippen LogP contribution is -2.60. The summed E-state index contributed by atoms with van der Waals surface area (Å²) in [6.07, 6.45) is -5.17. The van der Waals surface area contributed by atoms with Crippen LogP contribution in [0.5, 0.6) is 5.75 Å². The second-order valence-corrected chi connectivity index (χ2v) is 6.48. The first-order valence-corrected chi connectivity index (χ1v) is 8.03. The number of fused-ring (bicyclic) bond motifs is 1. The molecule has 0 saturated carbocycles. The van der Waals surface area contributed by atoms with Gasteiger partial charge in [-0.05, 0) is 28.1 Å². The Balaban J connectivity index is 1.91. The largest absolute Gasteiger partial charge is 0.460 e. The van der Waals surface area contributed by atoms with Gasteiger partial charge >= 0.3 is 0 Å². The van der Waals surface area contributed by atoms with Crippen molar-refractivity contribution in [2.75, 3.05) is 6.61 Å². The van der Waals surface area contributed by atoms with E-state index in [4.69, 9.17) is 21.1 Å². The summed E-state index contributed by atoms with van der Waals surface area (Å²) in [6, 6.07) is 3.57. The molecule has 126 valence electrons. The second-order valence-electron chi connectivity index (χ2n) is 5.25. The minimum Gasteiger partial charge on any atom is -0.460 e. The summed E-state index contributed by atoms with van der Waals surface area (Å²) in [6.45, 7) is -0.523. The third kappa shape index (κ3) is 2.96. The molecular weight excluding hydrogens is 394 g/mol. The normalized spacial score (nSPS) is 31.5. The van der Waals surface area contributed by atoms with E-state index in [1.165, 1.54) is 0 Å². The maximum atomic E-state index is 10.0. The first-order valence-electron chi connectivity index (χ1n) is 6.86. The number of ether oxygens (including phenoxy) is 2. The highest BCUT2D eigenvalue weighted by atomic mass is 79.9. The topological polar surface area (TPSA) is 115 Å². The molecule has 23 heavy (non-hydrogen) atoms. The van der Waals surface area contributed by atoms with E-state index in [0.717, 1.165) is 5.52 Å². The van der Waals surface area contributed by atoms with Crippen molar-refractivity contribution in [1.82, 2.24) is 4.98 Å². The van der Waals surface area contributed by atoms with Crippen LogP contribution in [0.4, 0.5) is 0 Å². The predicted octanol–water partition coefficient (Wildman–Crippen LogP) is 0.762. The molecule has 1 aliphatic heterocycles. The molecule has 1 aliphatic rings. The number of aromatic amines is 1. The summed E-state index contributed by atoms with van der Waals surface area (Å²) in [5.74, 6) is 0.315. The molecule has 1 saturated heterocycles. The highest BCUT2D eigenvalue weighted by Gasteiger charge is 2.44. The number of H-pyrrole nitrogens is 1. The molecule has 5 N–H and O–H groups in total. The zero-order valence-corrected chi connectivity index (χ0v) is 14.0. The van der Waals surface area contributed by atoms with Gasteiger partial charge in [-0.2, -0.15) is 0 Å². The number of hydrogen-bond donors (Lipinski definition) is 5. The van der Waals surface area contributed by atoms with E-state index in [1.54, 1.807) is 18.3 Å². The zero-order chi connectivity index (χ0) is 16.7. The number of nitrogens with one attached hydrogen (secondary N) is 1. The van der Waals surface area contributed by atoms with Crippen molar-refractivity contribution in [3.05, 3.63) is 27.8 Å². The molecule has 0 aliphatic carbocycles. The van der Waals surface area contributed by atoms with Gasteiger partial charge in [-0.25, -0.2) is 0 Å². The molecular formula is C14H15BrClNO6. The summed E-state index contributed by atoms with van der Waals surface area (Å²) < 4.78 is 11.6. The van der Waals surface area contributed by atoms with Crippen LogP contribution in [0, 0.1) is 0 Å². The van der Waals surface area contributed by atoms with Gasteiger partial charge in [-0.15, -0.1) is 0 Å². The van der Waals surface area contributed by atoms with Crippen molar-refractivity contribution in [3.63, 3.8) is 0 Å². The average Bonchev–Trinajstić information content (AvgIpc) is 2.95. The van der Waals surface area contributed by atoms with Crippen LogP contribution in [0.15, 0.2) is 22.8 Å². The Bertz CT molecular complexity index is 708. The van der Waals surface area contributed by atoms with Crippen molar-refractivity contribution in [1.29, 1.82) is 0 Å². The minimum absolute atomic E-state index is 0.315. The fourth-order valence-corrected chi connectivity index (χ4v) is 3.10. The molecule has 1 aromatic heterocycles. The fourth-order valence-electron chi connectivity index (χ4n) is 2.51. The van der Waals surface area contributed by atoms with Gasteiger partial charge in [0.25, 0.3) is 0 Å². The number of aromatic nitrogens is 1. The number of hydrogen-bond acceptors (Lipinski definition) is 6. The van der Waals surface area contributed by atoms with Gasteiger partial charge in [-0.1, -0.05) is 11.6 Å². The van der Waals surface area contributed by atoms with Crippen molar-refractivity contribution in [3.8, 4) is 5.75 Å². The number of halogens is 2. The van der Waals surface area contributed by atoms with Crippen LogP contribution < -0.4 is 4.74 Å². The molecule has 7 nitrogen and oxygen atoms in total. The summed E-state index contributed by atoms with van der Waals surface area (Å²) in [7, 11) is 0. The third-order valence-electron chi connectivity index (χ3n) is 3.79. The molecule has 0 amide bonds. The summed E-state index contributed by atoms with van der Waals surface area (Å²) in [5, 5.41) is 39.8. The fraction of sp³-hybridized carbons (Fsp3) is 0.429. The number of aliphatic hydroxyl groups is 4. The van der Waals surface area contributed by atoms with E-state index >= 15 is 0 Å². The standard InChI is InChI=1S/C14H15BrClNO6/c15-5-1-2-6-9(10(5)16)7(3-17-6)22-14-13(21)12(20)11(19)8(4-18)23-14/h1-3,8,11-14,17-21H,4H2/t8-,11-,12+,13-,14+/m0/s1. The van der Waals surface area contributed by atoms with E-state index in [9.17, 15) is 20.4 Å². The summed E-state index contributed by atoms with van der Waals surface area (Å²) in [4.78, 5) is 2.98. The van der Waals surface area contributed by atoms with Gasteiger partial charge in [0.1, 0.15) is 30.2 Å². The first-order chi connectivity index (χ1) is 10.9. The van der Waals surface area contributed by atoms with E-state index in [2.05, 4.69) is 20.9 Å². The van der Waals surface area contributed by atoms with Crippen molar-refractivity contribution in [2.45, 2.75) is 30.7 Å². The third-order valence-corrected chi connectivity index (χ3v) is 5.07. The summed E-state index contributed by atoms with van der Waals surface area (Å²) in [5.41, 5.74) is 0.720. The SMILES string of the molecule is OC[C@@H]1O[C@@H](Oc2c[nH]c3ccc(Br)c(Cl)c23)[C@@H](O)[C@H](O)[C@H]1O. The predicted molar refractivity (Wildman–Crippen MR) is 85.4 cm³/mol. The molecule has 5 atom stereocenters. The Morgan fingerprint density at radius 2 is 1.96 bits per heavy atom. The Morgan fingerprint density at radius 3 is 2.65 bits per heavy atom. The van der Waals surface area contributed by atoms with Gasteiger partial charge in [0, 0.05) is 10.7 Å². The Hall–Kier alpha value is -0.870. The summed E-state index contributed by atoms with van der Waals surface area (Å²) >= 11 is 9.58. The highest BCUT2D eigenvalue weighted by Crippen LogP contribution is 2.38. The van der Waals surface area contributed by atoms with Crippen LogP contribution in [-0.4, -0.2) is 62.7 Å². The van der Waals surface area contributed by atoms with Crippen LogP contribution in [0.2, 0.25) is 5.02 Å². The molecule has 0 radical (unpaired) electrons. The van der Waals surface area contributed by atoms with E-state index in [0.29, 0.717) is 20.6 Å². The molecule has 9 heteroatoms. The first kappa shape index (κ1) is 17.0. The molecule has 1 fully saturated rings. The van der Waals surface area contributed by atoms with Crippen LogP contribution in [0.25, 0.3) is 10.9 Å². The smallest absolute Gasteiger partial charge is 0.229 e. The minimum atomic E-state index is -1.50. The van der Waals surface area contributed by atoms with Gasteiger partial charge in [0.15, 0.2) is 0 Å². The molecule has 0 bridgehead atoms. The van der Waals surface area contributed by atoms with Gasteiger partial charge in [0.2, 0.25) is 6.29 Å².